The molecule has 0 saturated heterocycles. The number of ether oxygens (including phenoxy) is 3. The van der Waals surface area contributed by atoms with Crippen LogP contribution in [0.15, 0.2) is 54.6 Å². The number of esters is 1. The molecule has 0 fully saturated rings. The number of rotatable bonds is 8. The maximum absolute atomic E-state index is 11.6. The van der Waals surface area contributed by atoms with E-state index in [4.69, 9.17) is 14.2 Å². The number of carbonyl (C=O) groups excluding carboxylic acids is 1. The van der Waals surface area contributed by atoms with Gasteiger partial charge in [-0.1, -0.05) is 25.1 Å². The second kappa shape index (κ2) is 8.96. The number of carbonyl (C=O) groups is 1. The van der Waals surface area contributed by atoms with Crippen LogP contribution in [0.5, 0.6) is 17.2 Å². The van der Waals surface area contributed by atoms with Gasteiger partial charge in [0.2, 0.25) is 0 Å². The largest absolute Gasteiger partial charge is 0.493 e. The lowest BCUT2D eigenvalue weighted by atomic mass is 10.1. The summed E-state index contributed by atoms with van der Waals surface area (Å²) in [5.74, 6) is 2.20. The fourth-order valence-electron chi connectivity index (χ4n) is 2.12. The Kier molecular flexibility index (Phi) is 6.67. The highest BCUT2D eigenvalue weighted by Gasteiger charge is 2.12. The average molecular weight is 328 g/mol. The molecule has 1 atom stereocenters. The lowest BCUT2D eigenvalue weighted by Crippen LogP contribution is -2.18. The smallest absolute Gasteiger partial charge is 0.306 e. The third kappa shape index (κ3) is 6.32. The molecule has 0 N–H and O–H groups in total. The summed E-state index contributed by atoms with van der Waals surface area (Å²) >= 11 is 0. The van der Waals surface area contributed by atoms with Gasteiger partial charge < -0.3 is 14.2 Å². The summed E-state index contributed by atoms with van der Waals surface area (Å²) in [5, 5.41) is 0. The Bertz CT molecular complexity index is 620. The quantitative estimate of drug-likeness (QED) is 0.651. The molecule has 1 unspecified atom stereocenters. The molecule has 2 rings (SSSR count). The highest BCUT2D eigenvalue weighted by Crippen LogP contribution is 2.23. The zero-order chi connectivity index (χ0) is 17.4. The van der Waals surface area contributed by atoms with E-state index in [1.807, 2.05) is 75.4 Å². The third-order valence-electron chi connectivity index (χ3n) is 3.22. The van der Waals surface area contributed by atoms with Crippen LogP contribution in [0.3, 0.4) is 0 Å². The van der Waals surface area contributed by atoms with Gasteiger partial charge in [-0.05, 0) is 50.2 Å². The minimum absolute atomic E-state index is 0.0808. The maximum atomic E-state index is 11.6. The first-order chi connectivity index (χ1) is 11.5. The van der Waals surface area contributed by atoms with Crippen molar-refractivity contribution in [1.82, 2.24) is 0 Å². The molecule has 4 heteroatoms. The van der Waals surface area contributed by atoms with Gasteiger partial charge in [0.15, 0.2) is 0 Å². The standard InChI is InChI=1S/C20H24O4/c1-15(2)23-20(21)13-16(3)14-22-17-9-11-19(12-10-17)24-18-7-5-4-6-8-18/h4-12,15-16H,13-14H2,1-3H3. The summed E-state index contributed by atoms with van der Waals surface area (Å²) < 4.78 is 16.6. The third-order valence-corrected chi connectivity index (χ3v) is 3.22. The van der Waals surface area contributed by atoms with Gasteiger partial charge in [-0.15, -0.1) is 0 Å². The van der Waals surface area contributed by atoms with Gasteiger partial charge >= 0.3 is 5.97 Å². The first kappa shape index (κ1) is 17.9. The Morgan fingerprint density at radius 3 is 2.08 bits per heavy atom. The van der Waals surface area contributed by atoms with Crippen molar-refractivity contribution in [3.63, 3.8) is 0 Å². The average Bonchev–Trinajstić information content (AvgIpc) is 2.54. The van der Waals surface area contributed by atoms with Crippen molar-refractivity contribution < 1.29 is 19.0 Å². The molecule has 24 heavy (non-hydrogen) atoms. The molecular formula is C20H24O4. The fourth-order valence-corrected chi connectivity index (χ4v) is 2.12. The Morgan fingerprint density at radius 1 is 0.875 bits per heavy atom. The highest BCUT2D eigenvalue weighted by molar-refractivity contribution is 5.69. The summed E-state index contributed by atoms with van der Waals surface area (Å²) in [5.41, 5.74) is 0. The second-order valence-corrected chi connectivity index (χ2v) is 6.05. The highest BCUT2D eigenvalue weighted by atomic mass is 16.5. The van der Waals surface area contributed by atoms with E-state index in [0.29, 0.717) is 13.0 Å². The Morgan fingerprint density at radius 2 is 1.46 bits per heavy atom. The van der Waals surface area contributed by atoms with Gasteiger partial charge in [-0.3, -0.25) is 4.79 Å². The van der Waals surface area contributed by atoms with Gasteiger partial charge in [0.05, 0.1) is 19.1 Å². The summed E-state index contributed by atoms with van der Waals surface area (Å²) in [6.45, 7) is 6.12. The predicted molar refractivity (Wildman–Crippen MR) is 93.5 cm³/mol. The molecule has 0 heterocycles. The number of benzene rings is 2. The van der Waals surface area contributed by atoms with Crippen LogP contribution in [0.4, 0.5) is 0 Å². The SMILES string of the molecule is CC(COc1ccc(Oc2ccccc2)cc1)CC(=O)OC(C)C. The topological polar surface area (TPSA) is 44.8 Å². The van der Waals surface area contributed by atoms with E-state index in [9.17, 15) is 4.79 Å². The van der Waals surface area contributed by atoms with Crippen molar-refractivity contribution in [1.29, 1.82) is 0 Å². The van der Waals surface area contributed by atoms with Gasteiger partial charge in [0, 0.05) is 5.92 Å². The van der Waals surface area contributed by atoms with Crippen LogP contribution >= 0.6 is 0 Å². The summed E-state index contributed by atoms with van der Waals surface area (Å²) in [4.78, 5) is 11.6. The van der Waals surface area contributed by atoms with Crippen molar-refractivity contribution in [3.8, 4) is 17.2 Å². The zero-order valence-electron chi connectivity index (χ0n) is 14.4. The molecule has 0 amide bonds. The van der Waals surface area contributed by atoms with Crippen LogP contribution in [-0.2, 0) is 9.53 Å². The first-order valence-electron chi connectivity index (χ1n) is 8.18. The normalized spacial score (nSPS) is 11.8. The van der Waals surface area contributed by atoms with Crippen molar-refractivity contribution in [2.75, 3.05) is 6.61 Å². The molecule has 0 radical (unpaired) electrons. The van der Waals surface area contributed by atoms with Crippen LogP contribution in [-0.4, -0.2) is 18.7 Å². The minimum Gasteiger partial charge on any atom is -0.493 e. The van der Waals surface area contributed by atoms with E-state index in [0.717, 1.165) is 17.2 Å². The van der Waals surface area contributed by atoms with Crippen LogP contribution in [0.2, 0.25) is 0 Å². The summed E-state index contributed by atoms with van der Waals surface area (Å²) in [7, 11) is 0. The molecule has 0 aromatic heterocycles. The summed E-state index contributed by atoms with van der Waals surface area (Å²) in [6.07, 6.45) is 0.274. The van der Waals surface area contributed by atoms with Gasteiger partial charge in [0.1, 0.15) is 17.2 Å². The van der Waals surface area contributed by atoms with Crippen LogP contribution < -0.4 is 9.47 Å². The second-order valence-electron chi connectivity index (χ2n) is 6.05. The van der Waals surface area contributed by atoms with Crippen LogP contribution in [0.1, 0.15) is 27.2 Å². The minimum atomic E-state index is -0.187. The molecule has 2 aromatic carbocycles. The molecule has 0 aliphatic heterocycles. The van der Waals surface area contributed by atoms with E-state index in [2.05, 4.69) is 0 Å². The van der Waals surface area contributed by atoms with Gasteiger partial charge in [-0.2, -0.15) is 0 Å². The molecule has 4 nitrogen and oxygen atoms in total. The molecular weight excluding hydrogens is 304 g/mol. The fraction of sp³-hybridized carbons (Fsp3) is 0.350. The summed E-state index contributed by atoms with van der Waals surface area (Å²) in [6, 6.07) is 17.1. The molecule has 128 valence electrons. The molecule has 0 bridgehead atoms. The van der Waals surface area contributed by atoms with E-state index in [1.165, 1.54) is 0 Å². The van der Waals surface area contributed by atoms with Crippen molar-refractivity contribution >= 4 is 5.97 Å². The Labute approximate surface area is 143 Å². The molecule has 0 spiro atoms. The van der Waals surface area contributed by atoms with Crippen molar-refractivity contribution in [3.05, 3.63) is 54.6 Å². The Hall–Kier alpha value is -2.49. The van der Waals surface area contributed by atoms with E-state index >= 15 is 0 Å². The van der Waals surface area contributed by atoms with Gasteiger partial charge in [-0.25, -0.2) is 0 Å². The molecule has 0 aliphatic rings. The number of para-hydroxylation sites is 1. The lowest BCUT2D eigenvalue weighted by molar-refractivity contribution is -0.148. The molecule has 2 aromatic rings. The maximum Gasteiger partial charge on any atom is 0.306 e. The molecule has 0 aliphatic carbocycles. The Balaban J connectivity index is 1.78. The van der Waals surface area contributed by atoms with E-state index in [-0.39, 0.29) is 18.0 Å². The predicted octanol–water partition coefficient (Wildman–Crippen LogP) is 4.84. The monoisotopic (exact) mass is 328 g/mol. The molecule has 0 saturated carbocycles. The van der Waals surface area contributed by atoms with Crippen molar-refractivity contribution in [2.24, 2.45) is 5.92 Å². The van der Waals surface area contributed by atoms with Crippen LogP contribution in [0.25, 0.3) is 0 Å². The lowest BCUT2D eigenvalue weighted by Gasteiger charge is -2.14. The zero-order valence-corrected chi connectivity index (χ0v) is 14.4. The van der Waals surface area contributed by atoms with E-state index < -0.39 is 0 Å². The van der Waals surface area contributed by atoms with Crippen molar-refractivity contribution in [2.45, 2.75) is 33.3 Å². The number of hydrogen-bond acceptors (Lipinski definition) is 4. The van der Waals surface area contributed by atoms with Gasteiger partial charge in [0.25, 0.3) is 0 Å². The number of hydrogen-bond donors (Lipinski definition) is 0. The first-order valence-corrected chi connectivity index (χ1v) is 8.18. The van der Waals surface area contributed by atoms with E-state index in [1.54, 1.807) is 0 Å². The van der Waals surface area contributed by atoms with Crippen LogP contribution in [0, 0.1) is 5.92 Å².